The Morgan fingerprint density at radius 3 is 2.34 bits per heavy atom. The first-order chi connectivity index (χ1) is 18.5. The van der Waals surface area contributed by atoms with Crippen LogP contribution < -0.4 is 21.2 Å². The summed E-state index contributed by atoms with van der Waals surface area (Å²) in [6.45, 7) is 2.32. The summed E-state index contributed by atoms with van der Waals surface area (Å²) >= 11 is 0. The molecular formula is C30H24N4O4. The van der Waals surface area contributed by atoms with Crippen LogP contribution in [0.5, 0.6) is 11.5 Å². The molecule has 3 N–H and O–H groups in total. The van der Waals surface area contributed by atoms with Crippen LogP contribution in [0.1, 0.15) is 27.8 Å². The second-order valence-electron chi connectivity index (χ2n) is 8.47. The van der Waals surface area contributed by atoms with E-state index in [9.17, 15) is 14.4 Å². The molecule has 0 spiro atoms. The van der Waals surface area contributed by atoms with Gasteiger partial charge in [0.25, 0.3) is 11.8 Å². The summed E-state index contributed by atoms with van der Waals surface area (Å²) in [7, 11) is 0. The van der Waals surface area contributed by atoms with Gasteiger partial charge in [-0.1, -0.05) is 30.3 Å². The van der Waals surface area contributed by atoms with Crippen molar-refractivity contribution in [2.45, 2.75) is 6.92 Å². The van der Waals surface area contributed by atoms with E-state index in [1.807, 2.05) is 54.0 Å². The number of hydrogen-bond acceptors (Lipinski definition) is 5. The molecule has 0 aliphatic heterocycles. The minimum Gasteiger partial charge on any atom is -0.457 e. The van der Waals surface area contributed by atoms with Gasteiger partial charge in [0, 0.05) is 29.9 Å². The smallest absolute Gasteiger partial charge is 0.270 e. The predicted octanol–water partition coefficient (Wildman–Crippen LogP) is 4.69. The highest BCUT2D eigenvalue weighted by Crippen LogP contribution is 2.32. The Labute approximate surface area is 218 Å². The summed E-state index contributed by atoms with van der Waals surface area (Å²) in [4.78, 5) is 42.2. The average Bonchev–Trinajstić information content (AvgIpc) is 2.94. The van der Waals surface area contributed by atoms with Crippen LogP contribution in [0.4, 0.5) is 0 Å². The van der Waals surface area contributed by atoms with E-state index in [1.165, 1.54) is 6.20 Å². The number of fused-ring (bicyclic) bond motifs is 1. The Morgan fingerprint density at radius 1 is 0.921 bits per heavy atom. The van der Waals surface area contributed by atoms with Crippen molar-refractivity contribution in [2.24, 2.45) is 5.73 Å². The van der Waals surface area contributed by atoms with Crippen molar-refractivity contribution in [2.75, 3.05) is 6.54 Å². The predicted molar refractivity (Wildman–Crippen MR) is 146 cm³/mol. The van der Waals surface area contributed by atoms with Crippen LogP contribution in [0.25, 0.3) is 27.8 Å². The standard InChI is InChI=1S/C30H24N4O4/c1-2-32-30(37)24-18-22(16-17-33-24)38-21-14-12-19(13-15-21)27-26(29(31)36)28(35)23-10-6-7-11-25(23)34(27)20-8-4-3-5-9-20/h3-18H,2H2,1H3,(H2,31,36)(H,32,37). The molecule has 0 saturated carbocycles. The Hall–Kier alpha value is -5.24. The van der Waals surface area contributed by atoms with E-state index in [4.69, 9.17) is 10.5 Å². The van der Waals surface area contributed by atoms with Gasteiger partial charge < -0.3 is 20.4 Å². The van der Waals surface area contributed by atoms with Gasteiger partial charge in [-0.05, 0) is 67.1 Å². The highest BCUT2D eigenvalue weighted by atomic mass is 16.5. The highest BCUT2D eigenvalue weighted by molar-refractivity contribution is 6.03. The number of rotatable bonds is 7. The second-order valence-corrected chi connectivity index (χ2v) is 8.47. The molecule has 0 bridgehead atoms. The van der Waals surface area contributed by atoms with Gasteiger partial charge in [-0.15, -0.1) is 0 Å². The number of carbonyl (C=O) groups is 2. The molecule has 2 amide bonds. The number of ether oxygens (including phenoxy) is 1. The first-order valence-corrected chi connectivity index (χ1v) is 12.0. The molecular weight excluding hydrogens is 480 g/mol. The minimum atomic E-state index is -0.810. The number of hydrogen-bond donors (Lipinski definition) is 2. The van der Waals surface area contributed by atoms with E-state index >= 15 is 0 Å². The molecule has 188 valence electrons. The number of para-hydroxylation sites is 2. The van der Waals surface area contributed by atoms with Crippen molar-refractivity contribution in [3.05, 3.63) is 119 Å². The first-order valence-electron chi connectivity index (χ1n) is 12.0. The number of carbonyl (C=O) groups excluding carboxylic acids is 2. The molecule has 0 saturated heterocycles. The summed E-state index contributed by atoms with van der Waals surface area (Å²) in [5.74, 6) is -0.159. The maximum atomic E-state index is 13.4. The minimum absolute atomic E-state index is 0.0954. The molecule has 5 rings (SSSR count). The van der Waals surface area contributed by atoms with Crippen molar-refractivity contribution >= 4 is 22.7 Å². The van der Waals surface area contributed by atoms with Gasteiger partial charge in [-0.3, -0.25) is 19.4 Å². The molecule has 0 radical (unpaired) electrons. The van der Waals surface area contributed by atoms with Gasteiger partial charge in [0.1, 0.15) is 22.8 Å². The third-order valence-corrected chi connectivity index (χ3v) is 6.00. The van der Waals surface area contributed by atoms with Gasteiger partial charge in [-0.2, -0.15) is 0 Å². The third-order valence-electron chi connectivity index (χ3n) is 6.00. The van der Waals surface area contributed by atoms with Gasteiger partial charge >= 0.3 is 0 Å². The largest absolute Gasteiger partial charge is 0.457 e. The van der Waals surface area contributed by atoms with Crippen LogP contribution >= 0.6 is 0 Å². The third kappa shape index (κ3) is 4.62. The Morgan fingerprint density at radius 2 is 1.63 bits per heavy atom. The SMILES string of the molecule is CCNC(=O)c1cc(Oc2ccc(-c3c(C(N)=O)c(=O)c4ccccc4n3-c3ccccc3)cc2)ccn1. The van der Waals surface area contributed by atoms with Gasteiger partial charge in [0.2, 0.25) is 5.43 Å². The molecule has 0 aliphatic rings. The van der Waals surface area contributed by atoms with Crippen molar-refractivity contribution in [1.29, 1.82) is 0 Å². The second kappa shape index (κ2) is 10.4. The lowest BCUT2D eigenvalue weighted by atomic mass is 10.00. The fraction of sp³-hybridized carbons (Fsp3) is 0.0667. The zero-order valence-electron chi connectivity index (χ0n) is 20.5. The van der Waals surface area contributed by atoms with Gasteiger partial charge in [0.05, 0.1) is 11.2 Å². The quantitative estimate of drug-likeness (QED) is 0.333. The number of nitrogens with two attached hydrogens (primary N) is 1. The van der Waals surface area contributed by atoms with Crippen LogP contribution in [-0.4, -0.2) is 27.9 Å². The highest BCUT2D eigenvalue weighted by Gasteiger charge is 2.23. The monoisotopic (exact) mass is 504 g/mol. The molecule has 0 atom stereocenters. The number of nitrogens with zero attached hydrogens (tertiary/aromatic N) is 2. The lowest BCUT2D eigenvalue weighted by Gasteiger charge is -2.20. The van der Waals surface area contributed by atoms with Crippen molar-refractivity contribution in [3.63, 3.8) is 0 Å². The fourth-order valence-electron chi connectivity index (χ4n) is 4.35. The Bertz CT molecular complexity index is 1710. The summed E-state index contributed by atoms with van der Waals surface area (Å²) in [6, 6.07) is 26.8. The fourth-order valence-corrected chi connectivity index (χ4v) is 4.35. The van der Waals surface area contributed by atoms with Crippen LogP contribution in [-0.2, 0) is 0 Å². The maximum absolute atomic E-state index is 13.4. The zero-order chi connectivity index (χ0) is 26.6. The van der Waals surface area contributed by atoms with Crippen LogP contribution in [0.2, 0.25) is 0 Å². The maximum Gasteiger partial charge on any atom is 0.270 e. The first kappa shape index (κ1) is 24.5. The molecule has 0 aliphatic carbocycles. The molecule has 8 nitrogen and oxygen atoms in total. The van der Waals surface area contributed by atoms with E-state index in [1.54, 1.807) is 48.5 Å². The lowest BCUT2D eigenvalue weighted by molar-refractivity contribution is 0.0949. The normalized spacial score (nSPS) is 10.8. The summed E-state index contributed by atoms with van der Waals surface area (Å²) in [5.41, 5.74) is 7.91. The lowest BCUT2D eigenvalue weighted by Crippen LogP contribution is -2.26. The molecule has 0 fully saturated rings. The summed E-state index contributed by atoms with van der Waals surface area (Å²) in [6.07, 6.45) is 1.50. The van der Waals surface area contributed by atoms with E-state index in [0.29, 0.717) is 40.2 Å². The van der Waals surface area contributed by atoms with E-state index < -0.39 is 11.3 Å². The molecule has 8 heteroatoms. The van der Waals surface area contributed by atoms with Crippen molar-refractivity contribution in [3.8, 4) is 28.4 Å². The molecule has 38 heavy (non-hydrogen) atoms. The van der Waals surface area contributed by atoms with E-state index in [2.05, 4.69) is 10.3 Å². The van der Waals surface area contributed by atoms with Gasteiger partial charge in [-0.25, -0.2) is 0 Å². The molecule has 2 aromatic heterocycles. The van der Waals surface area contributed by atoms with Crippen molar-refractivity contribution < 1.29 is 14.3 Å². The van der Waals surface area contributed by atoms with Crippen LogP contribution in [0.15, 0.2) is 102 Å². The number of aromatic nitrogens is 2. The van der Waals surface area contributed by atoms with Gasteiger partial charge in [0.15, 0.2) is 0 Å². The number of benzene rings is 3. The average molecular weight is 505 g/mol. The molecule has 3 aromatic carbocycles. The van der Waals surface area contributed by atoms with E-state index in [-0.39, 0.29) is 17.2 Å². The molecule has 0 unspecified atom stereocenters. The number of primary amides is 1. The number of pyridine rings is 2. The topological polar surface area (TPSA) is 116 Å². The summed E-state index contributed by atoms with van der Waals surface area (Å²) < 4.78 is 7.81. The zero-order valence-corrected chi connectivity index (χ0v) is 20.5. The summed E-state index contributed by atoms with van der Waals surface area (Å²) in [5, 5.41) is 3.10. The Balaban J connectivity index is 1.62. The molecule has 2 heterocycles. The van der Waals surface area contributed by atoms with Crippen LogP contribution in [0, 0.1) is 0 Å². The van der Waals surface area contributed by atoms with Crippen LogP contribution in [0.3, 0.4) is 0 Å². The molecule has 5 aromatic rings. The number of amides is 2. The van der Waals surface area contributed by atoms with E-state index in [0.717, 1.165) is 5.69 Å². The van der Waals surface area contributed by atoms with Crippen molar-refractivity contribution in [1.82, 2.24) is 14.9 Å². The number of nitrogens with one attached hydrogen (secondary N) is 1. The Kier molecular flexibility index (Phi) is 6.69.